The fourth-order valence-electron chi connectivity index (χ4n) is 2.29. The Morgan fingerprint density at radius 1 is 1.13 bits per heavy atom. The Bertz CT molecular complexity index is 555. The van der Waals surface area contributed by atoms with Gasteiger partial charge in [-0.25, -0.2) is 0 Å². The standard InChI is InChI=1S/C18H25N3S.HI/c1-15(10-11-16-7-4-3-5-8-16)21-18(19-2)20-13-12-17-9-6-14-22-17;/h3-9,14-15H,10-13H2,1-2H3,(H2,19,20,21);1H. The van der Waals surface area contributed by atoms with E-state index in [9.17, 15) is 0 Å². The van der Waals surface area contributed by atoms with Crippen molar-refractivity contribution in [1.29, 1.82) is 0 Å². The third-order valence-corrected chi connectivity index (χ3v) is 4.50. The molecule has 0 aliphatic rings. The van der Waals surface area contributed by atoms with Crippen LogP contribution in [0.15, 0.2) is 52.8 Å². The SMILES string of the molecule is CN=C(NCCc1cccs1)NC(C)CCc1ccccc1.I. The van der Waals surface area contributed by atoms with Gasteiger partial charge in [-0.05, 0) is 43.2 Å². The molecular formula is C18H26IN3S. The van der Waals surface area contributed by atoms with Crippen LogP contribution in [0, 0.1) is 0 Å². The molecule has 0 spiro atoms. The van der Waals surface area contributed by atoms with Crippen molar-refractivity contribution in [1.82, 2.24) is 10.6 Å². The number of guanidine groups is 1. The molecule has 1 aromatic carbocycles. The third-order valence-electron chi connectivity index (χ3n) is 3.56. The van der Waals surface area contributed by atoms with Gasteiger partial charge in [0.25, 0.3) is 0 Å². The molecule has 0 amide bonds. The molecule has 0 aliphatic carbocycles. The van der Waals surface area contributed by atoms with Crippen LogP contribution in [0.2, 0.25) is 0 Å². The predicted octanol–water partition coefficient (Wildman–Crippen LogP) is 4.09. The van der Waals surface area contributed by atoms with E-state index in [1.54, 1.807) is 11.3 Å². The van der Waals surface area contributed by atoms with E-state index < -0.39 is 0 Å². The van der Waals surface area contributed by atoms with Crippen LogP contribution in [0.4, 0.5) is 0 Å². The zero-order valence-electron chi connectivity index (χ0n) is 13.8. The molecule has 3 nitrogen and oxygen atoms in total. The number of benzene rings is 1. The lowest BCUT2D eigenvalue weighted by molar-refractivity contribution is 0.593. The summed E-state index contributed by atoms with van der Waals surface area (Å²) in [6.07, 6.45) is 3.22. The number of hydrogen-bond donors (Lipinski definition) is 2. The van der Waals surface area contributed by atoms with E-state index in [1.807, 2.05) is 7.05 Å². The Kier molecular flexibility index (Phi) is 9.94. The summed E-state index contributed by atoms with van der Waals surface area (Å²) in [5.41, 5.74) is 1.39. The zero-order valence-corrected chi connectivity index (χ0v) is 16.9. The number of nitrogens with zero attached hydrogens (tertiary/aromatic N) is 1. The van der Waals surface area contributed by atoms with E-state index in [0.29, 0.717) is 6.04 Å². The maximum Gasteiger partial charge on any atom is 0.191 e. The second-order valence-corrected chi connectivity index (χ2v) is 6.43. The zero-order chi connectivity index (χ0) is 15.6. The molecule has 0 saturated carbocycles. The van der Waals surface area contributed by atoms with Crippen LogP contribution in [-0.2, 0) is 12.8 Å². The predicted molar refractivity (Wildman–Crippen MR) is 112 cm³/mol. The minimum Gasteiger partial charge on any atom is -0.356 e. The number of thiophene rings is 1. The van der Waals surface area contributed by atoms with Crippen LogP contribution in [-0.4, -0.2) is 25.6 Å². The number of rotatable bonds is 7. The van der Waals surface area contributed by atoms with Gasteiger partial charge in [-0.2, -0.15) is 0 Å². The highest BCUT2D eigenvalue weighted by molar-refractivity contribution is 14.0. The molecule has 0 radical (unpaired) electrons. The van der Waals surface area contributed by atoms with E-state index >= 15 is 0 Å². The second-order valence-electron chi connectivity index (χ2n) is 5.40. The molecule has 0 fully saturated rings. The fraction of sp³-hybridized carbons (Fsp3) is 0.389. The van der Waals surface area contributed by atoms with Gasteiger partial charge in [-0.3, -0.25) is 4.99 Å². The Balaban J connectivity index is 0.00000264. The molecule has 0 bridgehead atoms. The van der Waals surface area contributed by atoms with Gasteiger partial charge >= 0.3 is 0 Å². The van der Waals surface area contributed by atoms with Crippen LogP contribution < -0.4 is 10.6 Å². The van der Waals surface area contributed by atoms with Crippen molar-refractivity contribution in [3.05, 3.63) is 58.3 Å². The Morgan fingerprint density at radius 2 is 1.91 bits per heavy atom. The molecule has 0 saturated heterocycles. The van der Waals surface area contributed by atoms with Gasteiger partial charge in [-0.15, -0.1) is 35.3 Å². The van der Waals surface area contributed by atoms with Crippen molar-refractivity contribution in [2.75, 3.05) is 13.6 Å². The van der Waals surface area contributed by atoms with Crippen molar-refractivity contribution in [2.45, 2.75) is 32.2 Å². The van der Waals surface area contributed by atoms with E-state index in [2.05, 4.69) is 70.4 Å². The maximum absolute atomic E-state index is 4.30. The van der Waals surface area contributed by atoms with Crippen molar-refractivity contribution in [3.63, 3.8) is 0 Å². The van der Waals surface area contributed by atoms with Crippen molar-refractivity contribution < 1.29 is 0 Å². The number of aryl methyl sites for hydroxylation is 1. The van der Waals surface area contributed by atoms with E-state index in [1.165, 1.54) is 10.4 Å². The second kappa shape index (κ2) is 11.5. The van der Waals surface area contributed by atoms with Crippen LogP contribution in [0.25, 0.3) is 0 Å². The highest BCUT2D eigenvalue weighted by Gasteiger charge is 2.05. The van der Waals surface area contributed by atoms with E-state index in [-0.39, 0.29) is 24.0 Å². The Hall–Kier alpha value is -1.08. The van der Waals surface area contributed by atoms with Crippen molar-refractivity contribution in [3.8, 4) is 0 Å². The molecule has 2 rings (SSSR count). The lowest BCUT2D eigenvalue weighted by Gasteiger charge is -2.17. The fourth-order valence-corrected chi connectivity index (χ4v) is 3.00. The van der Waals surface area contributed by atoms with Gasteiger partial charge in [0.05, 0.1) is 0 Å². The molecule has 2 aromatic rings. The quantitative estimate of drug-likeness (QED) is 0.384. The summed E-state index contributed by atoms with van der Waals surface area (Å²) in [5, 5.41) is 8.96. The minimum atomic E-state index is 0. The summed E-state index contributed by atoms with van der Waals surface area (Å²) in [6, 6.07) is 15.3. The molecule has 1 atom stereocenters. The summed E-state index contributed by atoms with van der Waals surface area (Å²) >= 11 is 1.80. The van der Waals surface area contributed by atoms with Gasteiger partial charge in [0, 0.05) is 24.5 Å². The first-order valence-corrected chi connectivity index (χ1v) is 8.69. The highest BCUT2D eigenvalue weighted by Crippen LogP contribution is 2.08. The van der Waals surface area contributed by atoms with E-state index in [0.717, 1.165) is 31.8 Å². The van der Waals surface area contributed by atoms with Crippen LogP contribution in [0.3, 0.4) is 0 Å². The average molecular weight is 443 g/mol. The van der Waals surface area contributed by atoms with Gasteiger partial charge in [0.1, 0.15) is 0 Å². The summed E-state index contributed by atoms with van der Waals surface area (Å²) in [4.78, 5) is 5.70. The highest BCUT2D eigenvalue weighted by atomic mass is 127. The molecule has 1 aromatic heterocycles. The van der Waals surface area contributed by atoms with Crippen molar-refractivity contribution in [2.24, 2.45) is 4.99 Å². The number of nitrogens with one attached hydrogen (secondary N) is 2. The summed E-state index contributed by atoms with van der Waals surface area (Å²) in [7, 11) is 1.82. The van der Waals surface area contributed by atoms with Gasteiger partial charge in [0.15, 0.2) is 5.96 Å². The number of aliphatic imine (C=N–C) groups is 1. The van der Waals surface area contributed by atoms with Gasteiger partial charge in [-0.1, -0.05) is 36.4 Å². The third kappa shape index (κ3) is 7.83. The molecule has 2 N–H and O–H groups in total. The molecule has 1 unspecified atom stereocenters. The first-order valence-electron chi connectivity index (χ1n) is 7.81. The van der Waals surface area contributed by atoms with Crippen molar-refractivity contribution >= 4 is 41.3 Å². The van der Waals surface area contributed by atoms with Crippen LogP contribution in [0.5, 0.6) is 0 Å². The van der Waals surface area contributed by atoms with Crippen LogP contribution in [0.1, 0.15) is 23.8 Å². The normalized spacial score (nSPS) is 12.3. The first kappa shape index (κ1) is 20.0. The summed E-state index contributed by atoms with van der Waals surface area (Å²) in [6.45, 7) is 3.11. The molecule has 126 valence electrons. The monoisotopic (exact) mass is 443 g/mol. The van der Waals surface area contributed by atoms with Gasteiger partial charge < -0.3 is 10.6 Å². The molecule has 1 heterocycles. The van der Waals surface area contributed by atoms with Crippen LogP contribution >= 0.6 is 35.3 Å². The van der Waals surface area contributed by atoms with Gasteiger partial charge in [0.2, 0.25) is 0 Å². The summed E-state index contributed by atoms with van der Waals surface area (Å²) in [5.74, 6) is 0.886. The molecular weight excluding hydrogens is 417 g/mol. The summed E-state index contributed by atoms with van der Waals surface area (Å²) < 4.78 is 0. The first-order chi connectivity index (χ1) is 10.8. The van der Waals surface area contributed by atoms with E-state index in [4.69, 9.17) is 0 Å². The smallest absolute Gasteiger partial charge is 0.191 e. The largest absolute Gasteiger partial charge is 0.356 e. The number of halogens is 1. The molecule has 23 heavy (non-hydrogen) atoms. The number of hydrogen-bond acceptors (Lipinski definition) is 2. The molecule has 0 aliphatic heterocycles. The topological polar surface area (TPSA) is 36.4 Å². The lowest BCUT2D eigenvalue weighted by Crippen LogP contribution is -2.43. The average Bonchev–Trinajstić information content (AvgIpc) is 3.06. The lowest BCUT2D eigenvalue weighted by atomic mass is 10.1. The molecule has 5 heteroatoms. The Morgan fingerprint density at radius 3 is 2.57 bits per heavy atom. The maximum atomic E-state index is 4.30. The Labute approximate surface area is 160 Å². The minimum absolute atomic E-state index is 0.